The Morgan fingerprint density at radius 3 is 2.02 bits per heavy atom. The Morgan fingerprint density at radius 2 is 1.40 bits per heavy atom. The summed E-state index contributed by atoms with van der Waals surface area (Å²) in [5.74, 6) is 1.16. The maximum absolute atomic E-state index is 13.9. The number of hydrogen-bond donors (Lipinski definition) is 0. The summed E-state index contributed by atoms with van der Waals surface area (Å²) in [6.07, 6.45) is -2.45. The standard InChI is InChI=1S/C49H51F3N4O.Pd/c1-12-48(10,11)45-43(31-17-19-32(20-18-31)46(4,5)6)44(30(2)3)54-56(45)35-25-34(47(7,8)9)26-37(28-35)57-36-21-22-39-38-15-13-14-16-40(38)55(41(39)29-36)42-27-33(23-24-53-42)49(50,51)52;/h13-27,30H,12H2,1-11H3;/q-2;+2. The Kier molecular flexibility index (Phi) is 11.4. The zero-order valence-corrected chi connectivity index (χ0v) is 36.6. The van der Waals surface area contributed by atoms with Crippen LogP contribution in [0.5, 0.6) is 11.5 Å². The van der Waals surface area contributed by atoms with Crippen LogP contribution < -0.4 is 4.74 Å². The van der Waals surface area contributed by atoms with E-state index in [9.17, 15) is 13.2 Å². The number of ether oxygens (including phenoxy) is 1. The summed E-state index contributed by atoms with van der Waals surface area (Å²) in [7, 11) is 0. The molecule has 0 atom stereocenters. The molecule has 0 fully saturated rings. The molecule has 58 heavy (non-hydrogen) atoms. The fourth-order valence-electron chi connectivity index (χ4n) is 7.37. The van der Waals surface area contributed by atoms with Crippen LogP contribution in [0, 0.1) is 12.1 Å². The normalized spacial score (nSPS) is 12.7. The van der Waals surface area contributed by atoms with Crippen molar-refractivity contribution >= 4 is 21.8 Å². The molecule has 5 nitrogen and oxygen atoms in total. The number of aromatic nitrogens is 4. The van der Waals surface area contributed by atoms with Crippen LogP contribution in [0.15, 0.2) is 91.1 Å². The molecule has 0 unspecified atom stereocenters. The van der Waals surface area contributed by atoms with Gasteiger partial charge < -0.3 is 9.30 Å². The minimum absolute atomic E-state index is 0. The zero-order chi connectivity index (χ0) is 41.2. The van der Waals surface area contributed by atoms with Crippen molar-refractivity contribution in [2.24, 2.45) is 0 Å². The second-order valence-corrected chi connectivity index (χ2v) is 18.0. The van der Waals surface area contributed by atoms with Crippen LogP contribution >= 0.6 is 0 Å². The molecule has 7 aromatic rings. The van der Waals surface area contributed by atoms with Crippen molar-refractivity contribution in [3.05, 3.63) is 131 Å². The molecule has 0 bridgehead atoms. The third-order valence-corrected chi connectivity index (χ3v) is 11.0. The van der Waals surface area contributed by atoms with Crippen molar-refractivity contribution in [1.29, 1.82) is 0 Å². The first-order valence-electron chi connectivity index (χ1n) is 19.7. The Bertz CT molecular complexity index is 2600. The van der Waals surface area contributed by atoms with Crippen LogP contribution in [-0.4, -0.2) is 19.3 Å². The van der Waals surface area contributed by atoms with Gasteiger partial charge in [0.2, 0.25) is 0 Å². The predicted molar refractivity (Wildman–Crippen MR) is 225 cm³/mol. The van der Waals surface area contributed by atoms with Gasteiger partial charge in [-0.2, -0.15) is 24.3 Å². The summed E-state index contributed by atoms with van der Waals surface area (Å²) in [5.41, 5.74) is 7.48. The third-order valence-electron chi connectivity index (χ3n) is 11.0. The molecule has 0 N–H and O–H groups in total. The van der Waals surface area contributed by atoms with Crippen molar-refractivity contribution < 1.29 is 38.3 Å². The molecule has 3 aromatic heterocycles. The Labute approximate surface area is 354 Å². The van der Waals surface area contributed by atoms with Gasteiger partial charge in [-0.05, 0) is 63.6 Å². The van der Waals surface area contributed by atoms with E-state index in [-0.39, 0.29) is 48.4 Å². The van der Waals surface area contributed by atoms with Crippen molar-refractivity contribution in [3.63, 3.8) is 0 Å². The van der Waals surface area contributed by atoms with Crippen LogP contribution in [0.3, 0.4) is 0 Å². The maximum atomic E-state index is 13.9. The number of benzene rings is 4. The van der Waals surface area contributed by atoms with Crippen molar-refractivity contribution in [2.45, 2.75) is 111 Å². The number of alkyl halides is 3. The van der Waals surface area contributed by atoms with Crippen molar-refractivity contribution in [2.75, 3.05) is 0 Å². The molecule has 0 aliphatic carbocycles. The summed E-state index contributed by atoms with van der Waals surface area (Å²) in [4.78, 5) is 4.37. The molecule has 3 heterocycles. The van der Waals surface area contributed by atoms with Crippen molar-refractivity contribution in [1.82, 2.24) is 19.3 Å². The van der Waals surface area contributed by atoms with E-state index in [1.54, 1.807) is 4.57 Å². The predicted octanol–water partition coefficient (Wildman–Crippen LogP) is 13.8. The number of fused-ring (bicyclic) bond motifs is 3. The number of para-hydroxylation sites is 1. The molecule has 4 aromatic carbocycles. The first kappa shape index (κ1) is 42.9. The minimum atomic E-state index is -4.52. The SMILES string of the molecule is CCC(C)(C)c1c(-c2ccc(C(C)(C)C)cc2)c(C(C)C)nn1-c1[c-]c(Oc2[c-]c3c(cc2)c2ccccc2n3-c2cc(C(F)(F)F)ccn2)cc(C(C)(C)C)c1.[Pd+2]. The van der Waals surface area contributed by atoms with Crippen molar-refractivity contribution in [3.8, 4) is 34.1 Å². The molecule has 0 saturated heterocycles. The maximum Gasteiger partial charge on any atom is 2.00 e. The van der Waals surface area contributed by atoms with Gasteiger partial charge in [0.05, 0.1) is 17.0 Å². The van der Waals surface area contributed by atoms with Gasteiger partial charge in [-0.25, -0.2) is 4.98 Å². The van der Waals surface area contributed by atoms with Crippen LogP contribution in [0.1, 0.15) is 117 Å². The van der Waals surface area contributed by atoms with E-state index in [1.165, 1.54) is 11.8 Å². The molecule has 0 amide bonds. The first-order chi connectivity index (χ1) is 26.7. The van der Waals surface area contributed by atoms with Gasteiger partial charge in [-0.3, -0.25) is 4.68 Å². The van der Waals surface area contributed by atoms with Gasteiger partial charge in [-0.1, -0.05) is 124 Å². The number of pyridine rings is 1. The molecular weight excluding hydrogens is 824 g/mol. The number of hydrogen-bond acceptors (Lipinski definition) is 3. The first-order valence-corrected chi connectivity index (χ1v) is 19.7. The quantitative estimate of drug-likeness (QED) is 0.113. The van der Waals surface area contributed by atoms with Gasteiger partial charge >= 0.3 is 26.6 Å². The number of rotatable bonds is 8. The topological polar surface area (TPSA) is 44.9 Å². The minimum Gasteiger partial charge on any atom is -0.509 e. The molecule has 0 radical (unpaired) electrons. The largest absolute Gasteiger partial charge is 2.00 e. The average Bonchev–Trinajstić information content (AvgIpc) is 3.71. The summed E-state index contributed by atoms with van der Waals surface area (Å²) < 4.78 is 52.0. The molecule has 7 rings (SSSR count). The van der Waals surface area contributed by atoms with E-state index >= 15 is 0 Å². The summed E-state index contributed by atoms with van der Waals surface area (Å²) in [5, 5.41) is 7.06. The van der Waals surface area contributed by atoms with Crippen LogP contribution in [0.2, 0.25) is 0 Å². The number of nitrogens with zero attached hydrogens (tertiary/aromatic N) is 4. The van der Waals surface area contributed by atoms with E-state index < -0.39 is 11.7 Å². The molecule has 9 heteroatoms. The summed E-state index contributed by atoms with van der Waals surface area (Å²) in [6.45, 7) is 24.3. The van der Waals surface area contributed by atoms with Crippen LogP contribution in [-0.2, 0) is 42.8 Å². The third kappa shape index (κ3) is 8.13. The summed E-state index contributed by atoms with van der Waals surface area (Å²) >= 11 is 0. The Morgan fingerprint density at radius 1 is 0.724 bits per heavy atom. The average molecular weight is 875 g/mol. The van der Waals surface area contributed by atoms with Gasteiger partial charge in [0, 0.05) is 34.2 Å². The van der Waals surface area contributed by atoms with E-state index in [2.05, 4.69) is 128 Å². The molecule has 0 spiro atoms. The van der Waals surface area contributed by atoms with Crippen LogP contribution in [0.4, 0.5) is 13.2 Å². The van der Waals surface area contributed by atoms with Gasteiger partial charge in [0.15, 0.2) is 0 Å². The van der Waals surface area contributed by atoms with E-state index in [1.807, 2.05) is 42.5 Å². The molecule has 0 aliphatic heterocycles. The second kappa shape index (κ2) is 15.5. The summed E-state index contributed by atoms with van der Waals surface area (Å²) in [6, 6.07) is 33.4. The Hall–Kier alpha value is -4.71. The monoisotopic (exact) mass is 874 g/mol. The molecule has 304 valence electrons. The number of halogens is 3. The Balaban J connectivity index is 0.00000567. The van der Waals surface area contributed by atoms with E-state index in [0.29, 0.717) is 22.5 Å². The van der Waals surface area contributed by atoms with E-state index in [0.717, 1.165) is 63.1 Å². The molecule has 0 saturated carbocycles. The molecule has 0 aliphatic rings. The van der Waals surface area contributed by atoms with Gasteiger partial charge in [-0.15, -0.1) is 41.3 Å². The molecular formula is C49H51F3N4OPd. The fraction of sp³-hybridized carbons (Fsp3) is 0.347. The second-order valence-electron chi connectivity index (χ2n) is 18.0. The smallest absolute Gasteiger partial charge is 0.509 e. The van der Waals surface area contributed by atoms with Crippen LogP contribution in [0.25, 0.3) is 44.4 Å². The fourth-order valence-corrected chi connectivity index (χ4v) is 7.37. The van der Waals surface area contributed by atoms with E-state index in [4.69, 9.17) is 9.84 Å². The van der Waals surface area contributed by atoms with Gasteiger partial charge in [0.1, 0.15) is 5.82 Å². The van der Waals surface area contributed by atoms with Gasteiger partial charge in [0.25, 0.3) is 0 Å². The zero-order valence-electron chi connectivity index (χ0n) is 35.1.